The number of carbonyl (C=O) groups excluding carboxylic acids is 1. The van der Waals surface area contributed by atoms with Gasteiger partial charge in [-0.2, -0.15) is 5.10 Å². The molecule has 2 aromatic rings. The lowest BCUT2D eigenvalue weighted by Crippen LogP contribution is -2.21. The number of hydrogen-bond acceptors (Lipinski definition) is 4. The van der Waals surface area contributed by atoms with Gasteiger partial charge in [-0.15, -0.1) is 0 Å². The van der Waals surface area contributed by atoms with E-state index in [0.29, 0.717) is 11.4 Å². The number of rotatable bonds is 2. The first-order valence-corrected chi connectivity index (χ1v) is 4.71. The molecule has 0 aromatic carbocycles. The average Bonchev–Trinajstić information content (AvgIpc) is 2.81. The lowest BCUT2D eigenvalue weighted by atomic mass is 10.2. The highest BCUT2D eigenvalue weighted by molar-refractivity contribution is 5.93. The monoisotopic (exact) mass is 217 g/mol. The summed E-state index contributed by atoms with van der Waals surface area (Å²) in [6.45, 7) is 0. The van der Waals surface area contributed by atoms with Gasteiger partial charge in [0.15, 0.2) is 5.82 Å². The molecule has 6 nitrogen and oxygen atoms in total. The molecule has 1 amide bonds. The van der Waals surface area contributed by atoms with Crippen molar-refractivity contribution in [3.05, 3.63) is 36.5 Å². The van der Waals surface area contributed by atoms with Crippen molar-refractivity contribution < 1.29 is 4.79 Å². The molecule has 0 aliphatic rings. The van der Waals surface area contributed by atoms with Crippen LogP contribution in [0.25, 0.3) is 5.82 Å². The van der Waals surface area contributed by atoms with Crippen molar-refractivity contribution in [2.45, 2.75) is 0 Å². The predicted molar refractivity (Wildman–Crippen MR) is 57.2 cm³/mol. The lowest BCUT2D eigenvalue weighted by molar-refractivity contribution is 0.0827. The van der Waals surface area contributed by atoms with E-state index in [2.05, 4.69) is 15.1 Å². The summed E-state index contributed by atoms with van der Waals surface area (Å²) in [5.74, 6) is 0.561. The summed E-state index contributed by atoms with van der Waals surface area (Å²) in [4.78, 5) is 21.1. The van der Waals surface area contributed by atoms with Crippen molar-refractivity contribution in [2.75, 3.05) is 14.1 Å². The van der Waals surface area contributed by atoms with E-state index in [1.807, 2.05) is 0 Å². The van der Waals surface area contributed by atoms with Gasteiger partial charge in [-0.25, -0.2) is 14.6 Å². The molecule has 0 bridgehead atoms. The van der Waals surface area contributed by atoms with Gasteiger partial charge in [0, 0.05) is 20.3 Å². The molecule has 0 aliphatic carbocycles. The molecule has 0 aliphatic heterocycles. The minimum absolute atomic E-state index is 0.0716. The Balaban J connectivity index is 2.27. The number of pyridine rings is 1. The topological polar surface area (TPSA) is 63.9 Å². The highest BCUT2D eigenvalue weighted by Gasteiger charge is 2.08. The first-order valence-electron chi connectivity index (χ1n) is 4.71. The van der Waals surface area contributed by atoms with Crippen molar-refractivity contribution in [1.29, 1.82) is 0 Å². The Morgan fingerprint density at radius 2 is 2.19 bits per heavy atom. The molecular weight excluding hydrogens is 206 g/mol. The molecule has 0 saturated carbocycles. The third kappa shape index (κ3) is 1.90. The fourth-order valence-corrected chi connectivity index (χ4v) is 1.23. The largest absolute Gasteiger partial charge is 0.345 e. The molecule has 6 heteroatoms. The standard InChI is InChI=1S/C10H11N5O/c1-14(2)10(16)8-3-4-9(12-5-8)15-7-11-6-13-15/h3-7H,1-2H3. The summed E-state index contributed by atoms with van der Waals surface area (Å²) >= 11 is 0. The zero-order valence-corrected chi connectivity index (χ0v) is 9.03. The fraction of sp³-hybridized carbons (Fsp3) is 0.200. The quantitative estimate of drug-likeness (QED) is 0.728. The van der Waals surface area contributed by atoms with E-state index < -0.39 is 0 Å². The van der Waals surface area contributed by atoms with Crippen LogP contribution in [0.1, 0.15) is 10.4 Å². The van der Waals surface area contributed by atoms with Crippen molar-refractivity contribution in [3.63, 3.8) is 0 Å². The van der Waals surface area contributed by atoms with Gasteiger partial charge < -0.3 is 4.90 Å². The van der Waals surface area contributed by atoms with E-state index in [-0.39, 0.29) is 5.91 Å². The average molecular weight is 217 g/mol. The van der Waals surface area contributed by atoms with Crippen LogP contribution in [0.3, 0.4) is 0 Å². The van der Waals surface area contributed by atoms with E-state index in [0.717, 1.165) is 0 Å². The van der Waals surface area contributed by atoms with Gasteiger partial charge in [0.1, 0.15) is 12.7 Å². The number of amides is 1. The zero-order chi connectivity index (χ0) is 11.5. The van der Waals surface area contributed by atoms with Gasteiger partial charge in [0.25, 0.3) is 5.91 Å². The van der Waals surface area contributed by atoms with Gasteiger partial charge in [-0.1, -0.05) is 0 Å². The van der Waals surface area contributed by atoms with Gasteiger partial charge >= 0.3 is 0 Å². The Morgan fingerprint density at radius 3 is 2.69 bits per heavy atom. The second-order valence-electron chi connectivity index (χ2n) is 3.44. The Hall–Kier alpha value is -2.24. The SMILES string of the molecule is CN(C)C(=O)c1ccc(-n2cncn2)nc1. The van der Waals surface area contributed by atoms with E-state index in [1.54, 1.807) is 32.6 Å². The molecule has 16 heavy (non-hydrogen) atoms. The van der Waals surface area contributed by atoms with Gasteiger partial charge in [-0.05, 0) is 12.1 Å². The molecule has 0 N–H and O–H groups in total. The maximum absolute atomic E-state index is 11.6. The molecule has 0 spiro atoms. The maximum atomic E-state index is 11.6. The molecule has 2 rings (SSSR count). The maximum Gasteiger partial charge on any atom is 0.254 e. The molecule has 0 atom stereocenters. The van der Waals surface area contributed by atoms with Crippen LogP contribution < -0.4 is 0 Å². The molecular formula is C10H11N5O. The van der Waals surface area contributed by atoms with E-state index in [4.69, 9.17) is 0 Å². The van der Waals surface area contributed by atoms with Crippen molar-refractivity contribution in [2.24, 2.45) is 0 Å². The summed E-state index contributed by atoms with van der Waals surface area (Å²) < 4.78 is 1.53. The molecule has 0 unspecified atom stereocenters. The summed E-state index contributed by atoms with van der Waals surface area (Å²) in [5, 5.41) is 3.94. The van der Waals surface area contributed by atoms with Crippen LogP contribution >= 0.6 is 0 Å². The second-order valence-corrected chi connectivity index (χ2v) is 3.44. The smallest absolute Gasteiger partial charge is 0.254 e. The highest BCUT2D eigenvalue weighted by Crippen LogP contribution is 2.05. The minimum Gasteiger partial charge on any atom is -0.345 e. The Morgan fingerprint density at radius 1 is 1.38 bits per heavy atom. The summed E-state index contributed by atoms with van der Waals surface area (Å²) in [6, 6.07) is 3.44. The minimum atomic E-state index is -0.0716. The Kier molecular flexibility index (Phi) is 2.63. The predicted octanol–water partition coefficient (Wildman–Crippen LogP) is 0.364. The van der Waals surface area contributed by atoms with Crippen LogP contribution in [0.2, 0.25) is 0 Å². The van der Waals surface area contributed by atoms with Crippen LogP contribution in [-0.4, -0.2) is 44.7 Å². The Labute approximate surface area is 92.6 Å². The molecule has 0 saturated heterocycles. The number of carbonyl (C=O) groups is 1. The van der Waals surface area contributed by atoms with Crippen molar-refractivity contribution in [3.8, 4) is 5.82 Å². The van der Waals surface area contributed by atoms with Crippen molar-refractivity contribution in [1.82, 2.24) is 24.6 Å². The van der Waals surface area contributed by atoms with E-state index in [1.165, 1.54) is 22.1 Å². The fourth-order valence-electron chi connectivity index (χ4n) is 1.23. The highest BCUT2D eigenvalue weighted by atomic mass is 16.2. The van der Waals surface area contributed by atoms with Gasteiger partial charge in [-0.3, -0.25) is 4.79 Å². The van der Waals surface area contributed by atoms with Crippen molar-refractivity contribution >= 4 is 5.91 Å². The first kappa shape index (κ1) is 10.3. The van der Waals surface area contributed by atoms with Gasteiger partial charge in [0.2, 0.25) is 0 Å². The number of hydrogen-bond donors (Lipinski definition) is 0. The van der Waals surface area contributed by atoms with Gasteiger partial charge in [0.05, 0.1) is 5.56 Å². The molecule has 2 heterocycles. The normalized spacial score (nSPS) is 10.1. The number of nitrogens with zero attached hydrogens (tertiary/aromatic N) is 5. The summed E-state index contributed by atoms with van der Waals surface area (Å²) in [6.07, 6.45) is 4.51. The second kappa shape index (κ2) is 4.09. The van der Waals surface area contributed by atoms with Crippen LogP contribution in [-0.2, 0) is 0 Å². The molecule has 82 valence electrons. The first-order chi connectivity index (χ1) is 7.68. The zero-order valence-electron chi connectivity index (χ0n) is 9.03. The molecule has 0 radical (unpaired) electrons. The molecule has 2 aromatic heterocycles. The summed E-state index contributed by atoms with van der Waals surface area (Å²) in [5.41, 5.74) is 0.550. The van der Waals surface area contributed by atoms with Crippen LogP contribution in [0.15, 0.2) is 31.0 Å². The third-order valence-corrected chi connectivity index (χ3v) is 2.05. The molecule has 0 fully saturated rings. The van der Waals surface area contributed by atoms with Crippen LogP contribution in [0.4, 0.5) is 0 Å². The van der Waals surface area contributed by atoms with Crippen LogP contribution in [0.5, 0.6) is 0 Å². The Bertz CT molecular complexity index is 474. The van der Waals surface area contributed by atoms with E-state index in [9.17, 15) is 4.79 Å². The van der Waals surface area contributed by atoms with Crippen LogP contribution in [0, 0.1) is 0 Å². The third-order valence-electron chi connectivity index (χ3n) is 2.05. The van der Waals surface area contributed by atoms with E-state index >= 15 is 0 Å². The lowest BCUT2D eigenvalue weighted by Gasteiger charge is -2.09. The number of aromatic nitrogens is 4. The summed E-state index contributed by atoms with van der Waals surface area (Å²) in [7, 11) is 3.40.